The standard InChI is InChI=1S/C4H4N2O3S/c7-1-2-3(4(8)9)5-6-10-2/h7H,1H2,(H,8,9). The Morgan fingerprint density at radius 1 is 1.70 bits per heavy atom. The van der Waals surface area contributed by atoms with Gasteiger partial charge in [0.25, 0.3) is 0 Å². The predicted octanol–water partition coefficient (Wildman–Crippen LogP) is -0.271. The number of hydrogen-bond donors (Lipinski definition) is 2. The zero-order valence-electron chi connectivity index (χ0n) is 4.81. The van der Waals surface area contributed by atoms with Gasteiger partial charge in [-0.2, -0.15) is 0 Å². The van der Waals surface area contributed by atoms with Crippen LogP contribution in [0.3, 0.4) is 0 Å². The first-order chi connectivity index (χ1) is 4.75. The highest BCUT2D eigenvalue weighted by Gasteiger charge is 2.13. The van der Waals surface area contributed by atoms with Crippen molar-refractivity contribution in [2.75, 3.05) is 0 Å². The van der Waals surface area contributed by atoms with Gasteiger partial charge in [-0.15, -0.1) is 5.10 Å². The molecule has 1 rings (SSSR count). The average molecular weight is 160 g/mol. The van der Waals surface area contributed by atoms with Crippen LogP contribution in [0.25, 0.3) is 0 Å². The van der Waals surface area contributed by atoms with Crippen molar-refractivity contribution in [3.05, 3.63) is 10.6 Å². The van der Waals surface area contributed by atoms with Crippen LogP contribution in [-0.2, 0) is 6.61 Å². The van der Waals surface area contributed by atoms with Gasteiger partial charge in [0, 0.05) is 0 Å². The Morgan fingerprint density at radius 2 is 2.40 bits per heavy atom. The SMILES string of the molecule is O=C(O)c1nnsc1CO. The van der Waals surface area contributed by atoms with Gasteiger partial charge in [-0.25, -0.2) is 4.79 Å². The van der Waals surface area contributed by atoms with Crippen molar-refractivity contribution < 1.29 is 15.0 Å². The lowest BCUT2D eigenvalue weighted by molar-refractivity contribution is 0.0687. The molecule has 1 aromatic rings. The van der Waals surface area contributed by atoms with E-state index in [1.54, 1.807) is 0 Å². The number of aromatic carboxylic acids is 1. The summed E-state index contributed by atoms with van der Waals surface area (Å²) >= 11 is 0.886. The van der Waals surface area contributed by atoms with Crippen molar-refractivity contribution in [1.29, 1.82) is 0 Å². The Kier molecular flexibility index (Phi) is 1.93. The van der Waals surface area contributed by atoms with Gasteiger partial charge in [0.1, 0.15) is 0 Å². The second-order valence-electron chi connectivity index (χ2n) is 1.51. The second kappa shape index (κ2) is 2.72. The highest BCUT2D eigenvalue weighted by atomic mass is 32.1. The second-order valence-corrected chi connectivity index (χ2v) is 2.35. The number of carboxylic acid groups (broad SMARTS) is 1. The molecule has 5 nitrogen and oxygen atoms in total. The molecule has 6 heteroatoms. The lowest BCUT2D eigenvalue weighted by Crippen LogP contribution is -2.00. The number of hydrogen-bond acceptors (Lipinski definition) is 5. The van der Waals surface area contributed by atoms with Crippen LogP contribution in [0, 0.1) is 0 Å². The van der Waals surface area contributed by atoms with Gasteiger partial charge in [-0.3, -0.25) is 0 Å². The molecule has 0 saturated heterocycles. The van der Waals surface area contributed by atoms with E-state index in [0.717, 1.165) is 11.5 Å². The van der Waals surface area contributed by atoms with E-state index in [-0.39, 0.29) is 17.2 Å². The number of carbonyl (C=O) groups is 1. The van der Waals surface area contributed by atoms with Crippen LogP contribution in [-0.4, -0.2) is 25.8 Å². The first-order valence-electron chi connectivity index (χ1n) is 2.41. The Balaban J connectivity index is 3.01. The molecule has 0 saturated carbocycles. The molecule has 0 radical (unpaired) electrons. The van der Waals surface area contributed by atoms with Crippen molar-refractivity contribution in [1.82, 2.24) is 9.59 Å². The summed E-state index contributed by atoms with van der Waals surface area (Å²) < 4.78 is 3.37. The molecular formula is C4H4N2O3S. The Hall–Kier alpha value is -1.01. The highest BCUT2D eigenvalue weighted by molar-refractivity contribution is 7.05. The molecule has 0 atom stereocenters. The number of nitrogens with zero attached hydrogens (tertiary/aromatic N) is 2. The number of aromatic nitrogens is 2. The first kappa shape index (κ1) is 7.10. The molecule has 10 heavy (non-hydrogen) atoms. The third-order valence-corrected chi connectivity index (χ3v) is 1.61. The minimum Gasteiger partial charge on any atom is -0.476 e. The smallest absolute Gasteiger partial charge is 0.357 e. The van der Waals surface area contributed by atoms with Crippen LogP contribution >= 0.6 is 11.5 Å². The molecule has 0 amide bonds. The molecule has 0 aliphatic rings. The van der Waals surface area contributed by atoms with Gasteiger partial charge in [0.05, 0.1) is 11.5 Å². The van der Waals surface area contributed by atoms with Crippen molar-refractivity contribution in [2.24, 2.45) is 0 Å². The van der Waals surface area contributed by atoms with E-state index < -0.39 is 5.97 Å². The molecule has 0 aromatic carbocycles. The van der Waals surface area contributed by atoms with Gasteiger partial charge < -0.3 is 10.2 Å². The maximum absolute atomic E-state index is 10.2. The van der Waals surface area contributed by atoms with Crippen LogP contribution in [0.2, 0.25) is 0 Å². The normalized spacial score (nSPS) is 9.70. The van der Waals surface area contributed by atoms with E-state index in [4.69, 9.17) is 10.2 Å². The minimum absolute atomic E-state index is 0.160. The minimum atomic E-state index is -1.15. The van der Waals surface area contributed by atoms with Crippen molar-refractivity contribution in [2.45, 2.75) is 6.61 Å². The summed E-state index contributed by atoms with van der Waals surface area (Å²) in [4.78, 5) is 10.5. The fourth-order valence-electron chi connectivity index (χ4n) is 0.475. The molecule has 0 aliphatic heterocycles. The average Bonchev–Trinajstić information content (AvgIpc) is 2.33. The maximum atomic E-state index is 10.2. The highest BCUT2D eigenvalue weighted by Crippen LogP contribution is 2.08. The van der Waals surface area contributed by atoms with Crippen LogP contribution in [0.4, 0.5) is 0 Å². The fraction of sp³-hybridized carbons (Fsp3) is 0.250. The van der Waals surface area contributed by atoms with Gasteiger partial charge >= 0.3 is 5.97 Å². The number of rotatable bonds is 2. The topological polar surface area (TPSA) is 83.3 Å². The molecule has 1 aromatic heterocycles. The fourth-order valence-corrected chi connectivity index (χ4v) is 0.969. The molecule has 54 valence electrons. The van der Waals surface area contributed by atoms with Crippen molar-refractivity contribution >= 4 is 17.5 Å². The molecule has 0 spiro atoms. The van der Waals surface area contributed by atoms with Crippen LogP contribution in [0.5, 0.6) is 0 Å². The molecule has 2 N–H and O–H groups in total. The van der Waals surface area contributed by atoms with Crippen LogP contribution in [0.15, 0.2) is 0 Å². The van der Waals surface area contributed by atoms with Gasteiger partial charge in [-0.1, -0.05) is 4.49 Å². The Morgan fingerprint density at radius 3 is 2.80 bits per heavy atom. The summed E-state index contributed by atoms with van der Waals surface area (Å²) in [5.41, 5.74) is -0.160. The number of aliphatic hydroxyl groups is 1. The van der Waals surface area contributed by atoms with E-state index in [1.807, 2.05) is 0 Å². The lowest BCUT2D eigenvalue weighted by atomic mass is 10.4. The lowest BCUT2D eigenvalue weighted by Gasteiger charge is -1.86. The summed E-state index contributed by atoms with van der Waals surface area (Å²) in [6.07, 6.45) is 0. The molecular weight excluding hydrogens is 156 g/mol. The molecule has 0 aliphatic carbocycles. The summed E-state index contributed by atoms with van der Waals surface area (Å²) in [5, 5.41) is 20.2. The van der Waals surface area contributed by atoms with Crippen molar-refractivity contribution in [3.8, 4) is 0 Å². The predicted molar refractivity (Wildman–Crippen MR) is 32.8 cm³/mol. The third-order valence-electron chi connectivity index (χ3n) is 0.902. The van der Waals surface area contributed by atoms with E-state index in [0.29, 0.717) is 0 Å². The summed E-state index contributed by atoms with van der Waals surface area (Å²) in [6, 6.07) is 0. The molecule has 0 bridgehead atoms. The van der Waals surface area contributed by atoms with Gasteiger partial charge in [-0.05, 0) is 11.5 Å². The van der Waals surface area contributed by atoms with Crippen LogP contribution in [0.1, 0.15) is 15.4 Å². The van der Waals surface area contributed by atoms with Gasteiger partial charge in [0.15, 0.2) is 5.69 Å². The monoisotopic (exact) mass is 160 g/mol. The number of aliphatic hydroxyl groups excluding tert-OH is 1. The zero-order chi connectivity index (χ0) is 7.56. The van der Waals surface area contributed by atoms with Crippen LogP contribution < -0.4 is 0 Å². The van der Waals surface area contributed by atoms with E-state index >= 15 is 0 Å². The van der Waals surface area contributed by atoms with E-state index in [1.165, 1.54) is 0 Å². The first-order valence-corrected chi connectivity index (χ1v) is 3.18. The quantitative estimate of drug-likeness (QED) is 0.622. The summed E-state index contributed by atoms with van der Waals surface area (Å²) in [5.74, 6) is -1.15. The molecule has 1 heterocycles. The Labute approximate surface area is 60.1 Å². The summed E-state index contributed by atoms with van der Waals surface area (Å²) in [6.45, 7) is -0.320. The Bertz CT molecular complexity index is 246. The van der Waals surface area contributed by atoms with E-state index in [9.17, 15) is 4.79 Å². The van der Waals surface area contributed by atoms with E-state index in [2.05, 4.69) is 9.59 Å². The number of carboxylic acids is 1. The molecule has 0 unspecified atom stereocenters. The largest absolute Gasteiger partial charge is 0.476 e. The maximum Gasteiger partial charge on any atom is 0.357 e. The van der Waals surface area contributed by atoms with Gasteiger partial charge in [0.2, 0.25) is 0 Å². The van der Waals surface area contributed by atoms with Crippen molar-refractivity contribution in [3.63, 3.8) is 0 Å². The molecule has 0 fully saturated rings. The summed E-state index contributed by atoms with van der Waals surface area (Å²) in [7, 11) is 0. The third kappa shape index (κ3) is 1.12. The zero-order valence-corrected chi connectivity index (χ0v) is 5.63.